The van der Waals surface area contributed by atoms with Crippen LogP contribution in [-0.2, 0) is 10.1 Å². The molecule has 1 N–H and O–H groups in total. The normalized spacial score (nSPS) is 11.7. The summed E-state index contributed by atoms with van der Waals surface area (Å²) in [6.07, 6.45) is 0. The van der Waals surface area contributed by atoms with Gasteiger partial charge in [-0.2, -0.15) is 18.6 Å². The van der Waals surface area contributed by atoms with E-state index in [-0.39, 0.29) is 4.90 Å². The molecule has 2 aromatic rings. The second kappa shape index (κ2) is 5.94. The Morgan fingerprint density at radius 1 is 1.00 bits per heavy atom. The molecular weight excluding hydrogens is 290 g/mol. The summed E-state index contributed by atoms with van der Waals surface area (Å²) >= 11 is 0. The van der Waals surface area contributed by atoms with E-state index < -0.39 is 10.1 Å². The molecular formula is C14H13N3O3S. The largest absolute Gasteiger partial charge is 0.294 e. The molecule has 0 saturated carbocycles. The van der Waals surface area contributed by atoms with Gasteiger partial charge >= 0.3 is 0 Å². The van der Waals surface area contributed by atoms with Gasteiger partial charge in [0.25, 0.3) is 10.1 Å². The molecule has 2 rings (SSSR count). The standard InChI is InChI=1S/C14H13N3O3S/c1-10-9-12(15-2)5-8-14(10)17-16-11-3-6-13(7-4-11)21(18,19)20/h3-9H,2H2,1H3,(H,18,19,20). The lowest BCUT2D eigenvalue weighted by Gasteiger charge is -2.00. The average molecular weight is 303 g/mol. The van der Waals surface area contributed by atoms with E-state index in [4.69, 9.17) is 4.55 Å². The highest BCUT2D eigenvalue weighted by Crippen LogP contribution is 2.26. The van der Waals surface area contributed by atoms with Gasteiger partial charge in [0, 0.05) is 0 Å². The Morgan fingerprint density at radius 3 is 2.14 bits per heavy atom. The average Bonchev–Trinajstić information content (AvgIpc) is 2.45. The predicted molar refractivity (Wildman–Crippen MR) is 80.8 cm³/mol. The first-order chi connectivity index (χ1) is 9.90. The Kier molecular flexibility index (Phi) is 4.25. The molecule has 6 nitrogen and oxygen atoms in total. The van der Waals surface area contributed by atoms with Crippen LogP contribution in [0.15, 0.2) is 62.6 Å². The highest BCUT2D eigenvalue weighted by atomic mass is 32.2. The molecule has 0 unspecified atom stereocenters. The van der Waals surface area contributed by atoms with E-state index in [9.17, 15) is 8.42 Å². The molecule has 0 aliphatic heterocycles. The summed E-state index contributed by atoms with van der Waals surface area (Å²) in [5, 5.41) is 8.11. The van der Waals surface area contributed by atoms with Gasteiger partial charge in [-0.3, -0.25) is 9.55 Å². The Balaban J connectivity index is 2.23. The number of hydrogen-bond acceptors (Lipinski definition) is 5. The number of aryl methyl sites for hydroxylation is 1. The number of nitrogens with zero attached hydrogens (tertiary/aromatic N) is 3. The van der Waals surface area contributed by atoms with Gasteiger partial charge in [-0.25, -0.2) is 0 Å². The molecule has 0 radical (unpaired) electrons. The molecule has 2 aromatic carbocycles. The van der Waals surface area contributed by atoms with Crippen molar-refractivity contribution in [3.63, 3.8) is 0 Å². The third-order valence-corrected chi connectivity index (χ3v) is 3.64. The monoisotopic (exact) mass is 303 g/mol. The van der Waals surface area contributed by atoms with Crippen molar-refractivity contribution in [1.82, 2.24) is 0 Å². The molecule has 0 atom stereocenters. The van der Waals surface area contributed by atoms with Crippen LogP contribution in [0.1, 0.15) is 5.56 Å². The third kappa shape index (κ3) is 3.80. The minimum atomic E-state index is -4.19. The number of rotatable bonds is 4. The summed E-state index contributed by atoms with van der Waals surface area (Å²) in [7, 11) is -4.19. The summed E-state index contributed by atoms with van der Waals surface area (Å²) in [6, 6.07) is 10.8. The molecule has 7 heteroatoms. The van der Waals surface area contributed by atoms with Crippen LogP contribution in [0.3, 0.4) is 0 Å². The SMILES string of the molecule is C=Nc1ccc(N=Nc2ccc(S(=O)(=O)O)cc2)c(C)c1. The van der Waals surface area contributed by atoms with Gasteiger partial charge in [0.2, 0.25) is 0 Å². The van der Waals surface area contributed by atoms with Gasteiger partial charge in [-0.05, 0) is 61.7 Å². The Bertz CT molecular complexity index is 797. The Hall–Kier alpha value is -2.38. The van der Waals surface area contributed by atoms with Gasteiger partial charge in [-0.15, -0.1) is 0 Å². The van der Waals surface area contributed by atoms with E-state index in [1.165, 1.54) is 24.3 Å². The lowest BCUT2D eigenvalue weighted by Crippen LogP contribution is -1.96. The summed E-state index contributed by atoms with van der Waals surface area (Å²) in [5.74, 6) is 0. The molecule has 0 heterocycles. The van der Waals surface area contributed by atoms with E-state index >= 15 is 0 Å². The maximum atomic E-state index is 10.9. The van der Waals surface area contributed by atoms with Crippen molar-refractivity contribution in [2.45, 2.75) is 11.8 Å². The zero-order chi connectivity index (χ0) is 15.5. The fraction of sp³-hybridized carbons (Fsp3) is 0.0714. The van der Waals surface area contributed by atoms with E-state index in [0.717, 1.165) is 11.3 Å². The second-order valence-electron chi connectivity index (χ2n) is 4.30. The van der Waals surface area contributed by atoms with Crippen molar-refractivity contribution in [2.24, 2.45) is 15.2 Å². The third-order valence-electron chi connectivity index (χ3n) is 2.77. The zero-order valence-electron chi connectivity index (χ0n) is 11.3. The van der Waals surface area contributed by atoms with Crippen LogP contribution < -0.4 is 0 Å². The number of hydrogen-bond donors (Lipinski definition) is 1. The van der Waals surface area contributed by atoms with Gasteiger partial charge in [0.15, 0.2) is 0 Å². The van der Waals surface area contributed by atoms with E-state index in [1.807, 2.05) is 13.0 Å². The van der Waals surface area contributed by atoms with Crippen LogP contribution in [-0.4, -0.2) is 19.7 Å². The van der Waals surface area contributed by atoms with Gasteiger partial charge in [0.1, 0.15) is 0 Å². The lowest BCUT2D eigenvalue weighted by molar-refractivity contribution is 0.483. The molecule has 0 aliphatic rings. The first-order valence-electron chi connectivity index (χ1n) is 5.97. The molecule has 0 bridgehead atoms. The minimum absolute atomic E-state index is 0.181. The van der Waals surface area contributed by atoms with Crippen molar-refractivity contribution in [3.05, 3.63) is 48.0 Å². The van der Waals surface area contributed by atoms with Crippen LogP contribution in [0.25, 0.3) is 0 Å². The van der Waals surface area contributed by atoms with E-state index in [0.29, 0.717) is 11.4 Å². The summed E-state index contributed by atoms with van der Waals surface area (Å²) in [6.45, 7) is 5.33. The first kappa shape index (κ1) is 15.0. The zero-order valence-corrected chi connectivity index (χ0v) is 12.1. The van der Waals surface area contributed by atoms with Crippen molar-refractivity contribution in [2.75, 3.05) is 0 Å². The number of azo groups is 1. The highest BCUT2D eigenvalue weighted by molar-refractivity contribution is 7.85. The Labute approximate surface area is 122 Å². The highest BCUT2D eigenvalue weighted by Gasteiger charge is 2.08. The molecule has 21 heavy (non-hydrogen) atoms. The molecule has 0 aliphatic carbocycles. The van der Waals surface area contributed by atoms with Crippen molar-refractivity contribution in [3.8, 4) is 0 Å². The van der Waals surface area contributed by atoms with Crippen LogP contribution in [0, 0.1) is 6.92 Å². The fourth-order valence-electron chi connectivity index (χ4n) is 1.65. The van der Waals surface area contributed by atoms with Crippen LogP contribution >= 0.6 is 0 Å². The maximum Gasteiger partial charge on any atom is 0.294 e. The van der Waals surface area contributed by atoms with Crippen LogP contribution in [0.2, 0.25) is 0 Å². The first-order valence-corrected chi connectivity index (χ1v) is 7.41. The number of benzene rings is 2. The Morgan fingerprint density at radius 2 is 1.62 bits per heavy atom. The summed E-state index contributed by atoms with van der Waals surface area (Å²) in [4.78, 5) is 3.64. The summed E-state index contributed by atoms with van der Waals surface area (Å²) in [5.41, 5.74) is 2.82. The maximum absolute atomic E-state index is 10.9. The smallest absolute Gasteiger partial charge is 0.282 e. The molecule has 0 saturated heterocycles. The van der Waals surface area contributed by atoms with E-state index in [1.54, 1.807) is 12.1 Å². The quantitative estimate of drug-likeness (QED) is 0.526. The van der Waals surface area contributed by atoms with Gasteiger partial charge in [-0.1, -0.05) is 0 Å². The molecule has 0 fully saturated rings. The minimum Gasteiger partial charge on any atom is -0.282 e. The van der Waals surface area contributed by atoms with Crippen LogP contribution in [0.5, 0.6) is 0 Å². The van der Waals surface area contributed by atoms with Crippen molar-refractivity contribution in [1.29, 1.82) is 0 Å². The topological polar surface area (TPSA) is 91.5 Å². The lowest BCUT2D eigenvalue weighted by atomic mass is 10.2. The predicted octanol–water partition coefficient (Wildman–Crippen LogP) is 3.99. The van der Waals surface area contributed by atoms with Gasteiger partial charge < -0.3 is 0 Å². The molecule has 108 valence electrons. The van der Waals surface area contributed by atoms with E-state index in [2.05, 4.69) is 21.9 Å². The van der Waals surface area contributed by atoms with Gasteiger partial charge in [0.05, 0.1) is 22.0 Å². The van der Waals surface area contributed by atoms with Crippen molar-refractivity contribution < 1.29 is 13.0 Å². The number of aliphatic imine (C=N–C) groups is 1. The molecule has 0 amide bonds. The summed E-state index contributed by atoms with van der Waals surface area (Å²) < 4.78 is 30.7. The molecule has 0 aromatic heterocycles. The molecule has 0 spiro atoms. The van der Waals surface area contributed by atoms with Crippen LogP contribution in [0.4, 0.5) is 17.1 Å². The fourth-order valence-corrected chi connectivity index (χ4v) is 2.13. The second-order valence-corrected chi connectivity index (χ2v) is 5.72. The van der Waals surface area contributed by atoms with Crippen molar-refractivity contribution >= 4 is 33.9 Å².